The molecule has 2 rings (SSSR count). The minimum Gasteiger partial charge on any atom is -0.399 e. The summed E-state index contributed by atoms with van der Waals surface area (Å²) in [6.07, 6.45) is 3.68. The van der Waals surface area contributed by atoms with Gasteiger partial charge in [-0.25, -0.2) is 12.8 Å². The molecule has 0 radical (unpaired) electrons. The van der Waals surface area contributed by atoms with Crippen LogP contribution >= 0.6 is 0 Å². The molecule has 2 aromatic rings. The maximum atomic E-state index is 13.2. The fourth-order valence-electron chi connectivity index (χ4n) is 1.73. The summed E-state index contributed by atoms with van der Waals surface area (Å²) >= 11 is 0. The van der Waals surface area contributed by atoms with Crippen LogP contribution in [0.3, 0.4) is 0 Å². The van der Waals surface area contributed by atoms with Crippen LogP contribution in [0.4, 0.5) is 10.1 Å². The molecule has 19 heavy (non-hydrogen) atoms. The third-order valence-corrected chi connectivity index (χ3v) is 4.37. The van der Waals surface area contributed by atoms with E-state index in [1.165, 1.54) is 6.07 Å². The van der Waals surface area contributed by atoms with Crippen molar-refractivity contribution in [3.8, 4) is 0 Å². The molecule has 0 amide bonds. The Morgan fingerprint density at radius 3 is 2.68 bits per heavy atom. The van der Waals surface area contributed by atoms with Crippen LogP contribution in [0.5, 0.6) is 0 Å². The van der Waals surface area contributed by atoms with Crippen molar-refractivity contribution in [2.45, 2.75) is 11.3 Å². The normalized spacial score (nSPS) is 11.7. The fourth-order valence-corrected chi connectivity index (χ4v) is 3.08. The number of aromatic nitrogens is 2. The Labute approximate surface area is 110 Å². The minimum absolute atomic E-state index is 0.0890. The van der Waals surface area contributed by atoms with E-state index in [-0.39, 0.29) is 16.3 Å². The molecule has 102 valence electrons. The van der Waals surface area contributed by atoms with Crippen molar-refractivity contribution in [2.75, 3.05) is 11.5 Å². The van der Waals surface area contributed by atoms with Crippen molar-refractivity contribution < 1.29 is 12.8 Å². The van der Waals surface area contributed by atoms with Crippen molar-refractivity contribution in [2.24, 2.45) is 7.05 Å². The van der Waals surface area contributed by atoms with Gasteiger partial charge in [0.15, 0.2) is 9.84 Å². The Hall–Kier alpha value is -1.89. The van der Waals surface area contributed by atoms with Crippen LogP contribution in [0, 0.1) is 5.82 Å². The van der Waals surface area contributed by atoms with Crippen LogP contribution in [-0.4, -0.2) is 24.0 Å². The lowest BCUT2D eigenvalue weighted by atomic mass is 10.3. The van der Waals surface area contributed by atoms with Crippen molar-refractivity contribution >= 4 is 15.5 Å². The van der Waals surface area contributed by atoms with Gasteiger partial charge in [0.2, 0.25) is 0 Å². The molecule has 0 bridgehead atoms. The van der Waals surface area contributed by atoms with E-state index in [2.05, 4.69) is 5.10 Å². The van der Waals surface area contributed by atoms with Gasteiger partial charge in [0, 0.05) is 18.9 Å². The summed E-state index contributed by atoms with van der Waals surface area (Å²) in [5.41, 5.74) is 6.36. The molecule has 0 saturated carbocycles. The van der Waals surface area contributed by atoms with Crippen LogP contribution in [0.2, 0.25) is 0 Å². The summed E-state index contributed by atoms with van der Waals surface area (Å²) in [5.74, 6) is -0.762. The summed E-state index contributed by atoms with van der Waals surface area (Å²) in [6, 6.07) is 3.33. The van der Waals surface area contributed by atoms with Gasteiger partial charge in [-0.15, -0.1) is 0 Å². The van der Waals surface area contributed by atoms with E-state index in [9.17, 15) is 12.8 Å². The first-order valence-electron chi connectivity index (χ1n) is 5.63. The lowest BCUT2D eigenvalue weighted by Gasteiger charge is -2.05. The molecule has 0 saturated heterocycles. The Morgan fingerprint density at radius 1 is 1.37 bits per heavy atom. The second kappa shape index (κ2) is 5.00. The Morgan fingerprint density at radius 2 is 2.11 bits per heavy atom. The maximum Gasteiger partial charge on any atom is 0.178 e. The zero-order valence-electron chi connectivity index (χ0n) is 10.4. The van der Waals surface area contributed by atoms with Gasteiger partial charge in [-0.3, -0.25) is 4.68 Å². The number of hydrogen-bond donors (Lipinski definition) is 1. The number of sulfone groups is 1. The second-order valence-electron chi connectivity index (χ2n) is 4.31. The number of nitrogens with two attached hydrogens (primary N) is 1. The molecule has 1 aromatic carbocycles. The fraction of sp³-hybridized carbons (Fsp3) is 0.250. The Balaban J connectivity index is 2.18. The largest absolute Gasteiger partial charge is 0.399 e. The first-order valence-corrected chi connectivity index (χ1v) is 7.28. The highest BCUT2D eigenvalue weighted by molar-refractivity contribution is 7.91. The van der Waals surface area contributed by atoms with Gasteiger partial charge in [0.05, 0.1) is 16.8 Å². The standard InChI is InChI=1S/C12H14FN3O2S/c1-16-8-9(7-15-16)2-3-19(17,18)12-5-10(13)4-11(14)6-12/h4-8H,2-3,14H2,1H3. The minimum atomic E-state index is -3.55. The smallest absolute Gasteiger partial charge is 0.178 e. The van der Waals surface area contributed by atoms with E-state index in [1.807, 2.05) is 0 Å². The number of hydrogen-bond acceptors (Lipinski definition) is 4. The molecule has 0 aliphatic rings. The van der Waals surface area contributed by atoms with E-state index in [0.29, 0.717) is 6.42 Å². The van der Waals surface area contributed by atoms with E-state index >= 15 is 0 Å². The molecular formula is C12H14FN3O2S. The first-order chi connectivity index (χ1) is 8.87. The van der Waals surface area contributed by atoms with Gasteiger partial charge in [-0.1, -0.05) is 0 Å². The average molecular weight is 283 g/mol. The van der Waals surface area contributed by atoms with Crippen molar-refractivity contribution in [1.29, 1.82) is 0 Å². The molecule has 0 aliphatic heterocycles. The summed E-state index contributed by atoms with van der Waals surface area (Å²) < 4.78 is 38.9. The van der Waals surface area contributed by atoms with E-state index < -0.39 is 15.7 Å². The van der Waals surface area contributed by atoms with E-state index in [4.69, 9.17) is 5.73 Å². The van der Waals surface area contributed by atoms with Crippen molar-refractivity contribution in [3.05, 3.63) is 42.0 Å². The number of rotatable bonds is 4. The molecule has 7 heteroatoms. The lowest BCUT2D eigenvalue weighted by molar-refractivity contribution is 0.590. The highest BCUT2D eigenvalue weighted by Crippen LogP contribution is 2.18. The van der Waals surface area contributed by atoms with Crippen LogP contribution in [-0.2, 0) is 23.3 Å². The third kappa shape index (κ3) is 3.31. The monoisotopic (exact) mass is 283 g/mol. The van der Waals surface area contributed by atoms with Crippen LogP contribution < -0.4 is 5.73 Å². The molecule has 0 aliphatic carbocycles. The quantitative estimate of drug-likeness (QED) is 0.854. The SMILES string of the molecule is Cn1cc(CCS(=O)(=O)c2cc(N)cc(F)c2)cn1. The maximum absolute atomic E-state index is 13.2. The predicted octanol–water partition coefficient (Wildman–Crippen LogP) is 1.16. The lowest BCUT2D eigenvalue weighted by Crippen LogP contribution is -2.10. The van der Waals surface area contributed by atoms with Gasteiger partial charge < -0.3 is 5.73 Å². The molecule has 5 nitrogen and oxygen atoms in total. The zero-order chi connectivity index (χ0) is 14.0. The van der Waals surface area contributed by atoms with E-state index in [0.717, 1.165) is 17.7 Å². The summed E-state index contributed by atoms with van der Waals surface area (Å²) in [7, 11) is -1.80. The van der Waals surface area contributed by atoms with E-state index in [1.54, 1.807) is 24.1 Å². The number of benzene rings is 1. The highest BCUT2D eigenvalue weighted by Gasteiger charge is 2.16. The third-order valence-electron chi connectivity index (χ3n) is 2.67. The number of nitrogen functional groups attached to an aromatic ring is 1. The van der Waals surface area contributed by atoms with Gasteiger partial charge in [0.25, 0.3) is 0 Å². The topological polar surface area (TPSA) is 78.0 Å². The van der Waals surface area contributed by atoms with Gasteiger partial charge in [-0.05, 0) is 30.2 Å². The number of halogens is 1. The van der Waals surface area contributed by atoms with Crippen LogP contribution in [0.1, 0.15) is 5.56 Å². The number of nitrogens with zero attached hydrogens (tertiary/aromatic N) is 2. The van der Waals surface area contributed by atoms with Crippen LogP contribution in [0.25, 0.3) is 0 Å². The average Bonchev–Trinajstić information content (AvgIpc) is 2.71. The number of aryl methyl sites for hydroxylation is 2. The molecule has 1 heterocycles. The predicted molar refractivity (Wildman–Crippen MR) is 69.8 cm³/mol. The zero-order valence-corrected chi connectivity index (χ0v) is 11.2. The Bertz CT molecular complexity index is 675. The second-order valence-corrected chi connectivity index (χ2v) is 6.42. The highest BCUT2D eigenvalue weighted by atomic mass is 32.2. The molecule has 1 aromatic heterocycles. The molecule has 0 spiro atoms. The van der Waals surface area contributed by atoms with Gasteiger partial charge in [0.1, 0.15) is 5.82 Å². The summed E-state index contributed by atoms with van der Waals surface area (Å²) in [6.45, 7) is 0. The molecular weight excluding hydrogens is 269 g/mol. The first kappa shape index (κ1) is 13.5. The van der Waals surface area contributed by atoms with Gasteiger partial charge in [-0.2, -0.15) is 5.10 Å². The van der Waals surface area contributed by atoms with Crippen LogP contribution in [0.15, 0.2) is 35.5 Å². The van der Waals surface area contributed by atoms with Crippen molar-refractivity contribution in [1.82, 2.24) is 9.78 Å². The number of anilines is 1. The molecule has 0 fully saturated rings. The van der Waals surface area contributed by atoms with Crippen molar-refractivity contribution in [3.63, 3.8) is 0 Å². The molecule has 0 atom stereocenters. The van der Waals surface area contributed by atoms with Gasteiger partial charge >= 0.3 is 0 Å². The molecule has 2 N–H and O–H groups in total. The molecule has 0 unspecified atom stereocenters. The Kier molecular flexibility index (Phi) is 3.57. The summed E-state index contributed by atoms with van der Waals surface area (Å²) in [4.78, 5) is -0.0890. The summed E-state index contributed by atoms with van der Waals surface area (Å²) in [5, 5.41) is 3.96.